The van der Waals surface area contributed by atoms with E-state index in [9.17, 15) is 14.4 Å². The Morgan fingerprint density at radius 2 is 1.71 bits per heavy atom. The molecule has 148 valence electrons. The van der Waals surface area contributed by atoms with Crippen molar-refractivity contribution in [2.45, 2.75) is 25.3 Å². The van der Waals surface area contributed by atoms with E-state index in [1.807, 2.05) is 36.4 Å². The van der Waals surface area contributed by atoms with Gasteiger partial charge in [0.2, 0.25) is 5.91 Å². The van der Waals surface area contributed by atoms with E-state index in [2.05, 4.69) is 26.6 Å². The van der Waals surface area contributed by atoms with Crippen LogP contribution in [0.15, 0.2) is 59.1 Å². The van der Waals surface area contributed by atoms with Crippen LogP contribution in [0.3, 0.4) is 0 Å². The van der Waals surface area contributed by atoms with E-state index in [1.54, 1.807) is 18.2 Å². The van der Waals surface area contributed by atoms with Gasteiger partial charge in [0.05, 0.1) is 12.7 Å². The minimum Gasteiger partial charge on any atom is -0.467 e. The first kappa shape index (κ1) is 21.6. The number of nitrogens with one attached hydrogen (secondary N) is 2. The molecule has 0 aliphatic carbocycles. The number of amides is 2. The number of rotatable bonds is 9. The van der Waals surface area contributed by atoms with Gasteiger partial charge in [0.1, 0.15) is 6.04 Å². The van der Waals surface area contributed by atoms with Gasteiger partial charge in [0.25, 0.3) is 5.91 Å². The number of halogens is 1. The first-order chi connectivity index (χ1) is 13.5. The summed E-state index contributed by atoms with van der Waals surface area (Å²) in [5.74, 6) is -0.953. The number of ether oxygens (including phenoxy) is 1. The fourth-order valence-electron chi connectivity index (χ4n) is 2.64. The maximum atomic E-state index is 12.2. The van der Waals surface area contributed by atoms with E-state index in [1.165, 1.54) is 7.11 Å². The highest BCUT2D eigenvalue weighted by Gasteiger charge is 2.21. The number of esters is 1. The monoisotopic (exact) mass is 446 g/mol. The third-order valence-corrected chi connectivity index (χ3v) is 4.78. The maximum absolute atomic E-state index is 12.2. The molecule has 0 saturated heterocycles. The molecule has 0 spiro atoms. The molecule has 2 aromatic rings. The summed E-state index contributed by atoms with van der Waals surface area (Å²) in [7, 11) is 1.30. The summed E-state index contributed by atoms with van der Waals surface area (Å²) in [6.45, 7) is 0.356. The van der Waals surface area contributed by atoms with Gasteiger partial charge in [0, 0.05) is 23.9 Å². The second kappa shape index (κ2) is 11.2. The zero-order valence-electron chi connectivity index (χ0n) is 15.6. The highest BCUT2D eigenvalue weighted by Crippen LogP contribution is 2.15. The Hall–Kier alpha value is -2.67. The molecule has 28 heavy (non-hydrogen) atoms. The minimum atomic E-state index is -0.741. The van der Waals surface area contributed by atoms with Gasteiger partial charge in [-0.3, -0.25) is 9.59 Å². The Bertz CT molecular complexity index is 811. The van der Waals surface area contributed by atoms with Gasteiger partial charge in [-0.1, -0.05) is 42.5 Å². The Balaban J connectivity index is 1.78. The molecule has 2 N–H and O–H groups in total. The second-order valence-electron chi connectivity index (χ2n) is 6.17. The molecular formula is C21H23BrN2O4. The number of hydrogen-bond acceptors (Lipinski definition) is 4. The molecule has 0 saturated carbocycles. The second-order valence-corrected chi connectivity index (χ2v) is 7.03. The molecule has 0 bridgehead atoms. The van der Waals surface area contributed by atoms with Crippen LogP contribution < -0.4 is 10.6 Å². The first-order valence-electron chi connectivity index (χ1n) is 8.95. The van der Waals surface area contributed by atoms with Crippen molar-refractivity contribution in [2.24, 2.45) is 0 Å². The Labute approximate surface area is 172 Å². The van der Waals surface area contributed by atoms with E-state index in [0.717, 1.165) is 5.56 Å². The van der Waals surface area contributed by atoms with Crippen molar-refractivity contribution in [3.63, 3.8) is 0 Å². The van der Waals surface area contributed by atoms with Crippen molar-refractivity contribution in [1.29, 1.82) is 0 Å². The predicted octanol–water partition coefficient (Wildman–Crippen LogP) is 2.86. The van der Waals surface area contributed by atoms with Crippen LogP contribution in [0, 0.1) is 0 Å². The Kier molecular flexibility index (Phi) is 8.68. The third kappa shape index (κ3) is 6.81. The molecule has 6 nitrogen and oxygen atoms in total. The van der Waals surface area contributed by atoms with Gasteiger partial charge in [0.15, 0.2) is 0 Å². The average Bonchev–Trinajstić information content (AvgIpc) is 2.71. The summed E-state index contributed by atoms with van der Waals surface area (Å²) < 4.78 is 5.50. The van der Waals surface area contributed by atoms with Crippen LogP contribution in [-0.4, -0.2) is 37.5 Å². The fourth-order valence-corrected chi connectivity index (χ4v) is 3.11. The Morgan fingerprint density at radius 1 is 1.04 bits per heavy atom. The number of methoxy groups -OCH3 is 1. The lowest BCUT2D eigenvalue weighted by molar-refractivity contribution is -0.145. The maximum Gasteiger partial charge on any atom is 0.328 e. The number of hydrogen-bond donors (Lipinski definition) is 2. The van der Waals surface area contributed by atoms with Crippen molar-refractivity contribution >= 4 is 33.7 Å². The van der Waals surface area contributed by atoms with Gasteiger partial charge in [-0.15, -0.1) is 0 Å². The molecule has 2 aromatic carbocycles. The number of carbonyl (C=O) groups is 3. The van der Waals surface area contributed by atoms with Crippen LogP contribution in [0.25, 0.3) is 0 Å². The van der Waals surface area contributed by atoms with Crippen molar-refractivity contribution in [1.82, 2.24) is 10.6 Å². The SMILES string of the molecule is COC(=O)[C@@H](Cc1ccccc1)NC(=O)CCCNC(=O)c1ccccc1Br. The van der Waals surface area contributed by atoms with Crippen molar-refractivity contribution in [3.05, 3.63) is 70.2 Å². The van der Waals surface area contributed by atoms with Gasteiger partial charge >= 0.3 is 5.97 Å². The molecule has 7 heteroatoms. The summed E-state index contributed by atoms with van der Waals surface area (Å²) >= 11 is 3.33. The standard InChI is InChI=1S/C21H23BrN2O4/c1-28-21(27)18(14-15-8-3-2-4-9-15)24-19(25)12-7-13-23-20(26)16-10-5-6-11-17(16)22/h2-6,8-11,18H,7,12-14H2,1H3,(H,23,26)(H,24,25)/t18-/m1/s1. The summed E-state index contributed by atoms with van der Waals surface area (Å²) in [5.41, 5.74) is 1.47. The van der Waals surface area contributed by atoms with Gasteiger partial charge < -0.3 is 15.4 Å². The van der Waals surface area contributed by atoms with E-state index < -0.39 is 12.0 Å². The van der Waals surface area contributed by atoms with Crippen LogP contribution >= 0.6 is 15.9 Å². The number of carbonyl (C=O) groups excluding carboxylic acids is 3. The van der Waals surface area contributed by atoms with Crippen LogP contribution in [-0.2, 0) is 20.7 Å². The van der Waals surface area contributed by atoms with Crippen LogP contribution in [0.4, 0.5) is 0 Å². The van der Waals surface area contributed by atoms with E-state index in [0.29, 0.717) is 29.4 Å². The minimum absolute atomic E-state index is 0.193. The van der Waals surface area contributed by atoms with Crippen LogP contribution in [0.2, 0.25) is 0 Å². The molecule has 0 heterocycles. The molecule has 0 fully saturated rings. The van der Waals surface area contributed by atoms with Crippen molar-refractivity contribution < 1.29 is 19.1 Å². The molecule has 0 radical (unpaired) electrons. The summed E-state index contributed by atoms with van der Waals surface area (Å²) in [6, 6.07) is 15.8. The first-order valence-corrected chi connectivity index (χ1v) is 9.74. The van der Waals surface area contributed by atoms with E-state index in [4.69, 9.17) is 4.74 Å². The molecule has 1 atom stereocenters. The lowest BCUT2D eigenvalue weighted by atomic mass is 10.1. The van der Waals surface area contributed by atoms with Crippen LogP contribution in [0.1, 0.15) is 28.8 Å². The molecule has 0 unspecified atom stereocenters. The molecular weight excluding hydrogens is 424 g/mol. The van der Waals surface area contributed by atoms with Gasteiger partial charge in [-0.05, 0) is 40.0 Å². The topological polar surface area (TPSA) is 84.5 Å². The van der Waals surface area contributed by atoms with Crippen molar-refractivity contribution in [3.8, 4) is 0 Å². The zero-order chi connectivity index (χ0) is 20.4. The quantitative estimate of drug-likeness (QED) is 0.458. The lowest BCUT2D eigenvalue weighted by Crippen LogP contribution is -2.43. The molecule has 2 amide bonds. The lowest BCUT2D eigenvalue weighted by Gasteiger charge is -2.16. The van der Waals surface area contributed by atoms with Crippen LogP contribution in [0.5, 0.6) is 0 Å². The molecule has 0 aliphatic heterocycles. The Morgan fingerprint density at radius 3 is 2.39 bits per heavy atom. The molecule has 0 aliphatic rings. The average molecular weight is 447 g/mol. The third-order valence-electron chi connectivity index (χ3n) is 4.09. The molecule has 0 aromatic heterocycles. The summed E-state index contributed by atoms with van der Waals surface area (Å²) in [5, 5.41) is 5.49. The normalized spacial score (nSPS) is 11.4. The zero-order valence-corrected chi connectivity index (χ0v) is 17.2. The van der Waals surface area contributed by atoms with Crippen molar-refractivity contribution in [2.75, 3.05) is 13.7 Å². The summed E-state index contributed by atoms with van der Waals surface area (Å²) in [4.78, 5) is 36.3. The number of benzene rings is 2. The smallest absolute Gasteiger partial charge is 0.328 e. The van der Waals surface area contributed by atoms with E-state index in [-0.39, 0.29) is 18.2 Å². The fraction of sp³-hybridized carbons (Fsp3) is 0.286. The molecule has 2 rings (SSSR count). The van der Waals surface area contributed by atoms with E-state index >= 15 is 0 Å². The predicted molar refractivity (Wildman–Crippen MR) is 110 cm³/mol. The van der Waals surface area contributed by atoms with Gasteiger partial charge in [-0.25, -0.2) is 4.79 Å². The highest BCUT2D eigenvalue weighted by atomic mass is 79.9. The highest BCUT2D eigenvalue weighted by molar-refractivity contribution is 9.10. The summed E-state index contributed by atoms with van der Waals surface area (Å²) in [6.07, 6.45) is 1.01. The van der Waals surface area contributed by atoms with Gasteiger partial charge in [-0.2, -0.15) is 0 Å². The largest absolute Gasteiger partial charge is 0.467 e.